The second-order valence-electron chi connectivity index (χ2n) is 7.77. The summed E-state index contributed by atoms with van der Waals surface area (Å²) < 4.78 is 11.3. The molecule has 1 atom stereocenters. The second kappa shape index (κ2) is 8.59. The molecule has 1 aliphatic heterocycles. The van der Waals surface area contributed by atoms with E-state index in [4.69, 9.17) is 26.1 Å². The van der Waals surface area contributed by atoms with E-state index in [0.717, 1.165) is 42.0 Å². The normalized spacial score (nSPS) is 19.1. The largest absolute Gasteiger partial charge is 0.412 e. The van der Waals surface area contributed by atoms with Crippen LogP contribution in [0.1, 0.15) is 42.5 Å². The maximum Gasteiger partial charge on any atom is 0.412 e. The molecule has 2 aromatic rings. The molecule has 1 saturated carbocycles. The fourth-order valence-corrected chi connectivity index (χ4v) is 3.68. The Labute approximate surface area is 176 Å². The lowest BCUT2D eigenvalue weighted by atomic mass is 10.1. The maximum atomic E-state index is 12.4. The first kappa shape index (κ1) is 20.0. The van der Waals surface area contributed by atoms with Crippen LogP contribution in [0.4, 0.5) is 10.6 Å². The van der Waals surface area contributed by atoms with Gasteiger partial charge < -0.3 is 19.7 Å². The minimum atomic E-state index is -0.473. The van der Waals surface area contributed by atoms with Crippen LogP contribution in [0.15, 0.2) is 30.3 Å². The third kappa shape index (κ3) is 4.82. The fraction of sp³-hybridized carbons (Fsp3) is 0.455. The van der Waals surface area contributed by atoms with E-state index in [-0.39, 0.29) is 6.04 Å². The van der Waals surface area contributed by atoms with Crippen molar-refractivity contribution in [2.45, 2.75) is 45.2 Å². The van der Waals surface area contributed by atoms with E-state index in [1.165, 1.54) is 0 Å². The topological polar surface area (TPSA) is 63.7 Å². The first-order chi connectivity index (χ1) is 14.0. The second-order valence-corrected chi connectivity index (χ2v) is 8.21. The smallest absolute Gasteiger partial charge is 0.408 e. The van der Waals surface area contributed by atoms with Gasteiger partial charge in [0.25, 0.3) is 0 Å². The van der Waals surface area contributed by atoms with E-state index in [1.54, 1.807) is 12.1 Å². The van der Waals surface area contributed by atoms with Crippen LogP contribution in [0.2, 0.25) is 5.02 Å². The standard InChI is InChI=1S/C22H26ClN3O3/c1-14-11-19(26-9-10-28-13-15(26)2)25-20(17-5-6-17)21(14)29-22(27)24-12-16-3-7-18(23)8-4-16/h3-4,7-8,11,15,17H,5-6,9-10,12-13H2,1-2H3,(H,24,27)/t15-/m1/s1. The van der Waals surface area contributed by atoms with Crippen molar-refractivity contribution in [1.29, 1.82) is 0 Å². The SMILES string of the molecule is Cc1cc(N2CCOC[C@H]2C)nc(C2CC2)c1OC(=O)NCc1ccc(Cl)cc1. The number of halogens is 1. The number of pyridine rings is 1. The summed E-state index contributed by atoms with van der Waals surface area (Å²) in [5.74, 6) is 1.89. The number of hydrogen-bond acceptors (Lipinski definition) is 5. The Hall–Kier alpha value is -2.31. The molecule has 1 aromatic heterocycles. The Balaban J connectivity index is 1.49. The summed E-state index contributed by atoms with van der Waals surface area (Å²) in [4.78, 5) is 19.6. The molecule has 0 bridgehead atoms. The lowest BCUT2D eigenvalue weighted by Crippen LogP contribution is -2.44. The molecule has 154 valence electrons. The predicted molar refractivity (Wildman–Crippen MR) is 113 cm³/mol. The Morgan fingerprint density at radius 3 is 2.79 bits per heavy atom. The average Bonchev–Trinajstić information content (AvgIpc) is 3.54. The van der Waals surface area contributed by atoms with E-state index < -0.39 is 6.09 Å². The van der Waals surface area contributed by atoms with E-state index in [2.05, 4.69) is 17.1 Å². The number of aryl methyl sites for hydroxylation is 1. The van der Waals surface area contributed by atoms with E-state index in [1.807, 2.05) is 25.1 Å². The molecule has 2 aliphatic rings. The first-order valence-electron chi connectivity index (χ1n) is 10.1. The molecule has 1 aliphatic carbocycles. The van der Waals surface area contributed by atoms with Crippen molar-refractivity contribution in [3.8, 4) is 5.75 Å². The summed E-state index contributed by atoms with van der Waals surface area (Å²) in [5, 5.41) is 3.48. The zero-order valence-electron chi connectivity index (χ0n) is 16.8. The number of ether oxygens (including phenoxy) is 2. The quantitative estimate of drug-likeness (QED) is 0.782. The number of amides is 1. The fourth-order valence-electron chi connectivity index (χ4n) is 3.55. The zero-order chi connectivity index (χ0) is 20.4. The van der Waals surface area contributed by atoms with E-state index in [9.17, 15) is 4.79 Å². The van der Waals surface area contributed by atoms with Crippen LogP contribution < -0.4 is 15.0 Å². The monoisotopic (exact) mass is 415 g/mol. The maximum absolute atomic E-state index is 12.4. The summed E-state index contributed by atoms with van der Waals surface area (Å²) in [7, 11) is 0. The highest BCUT2D eigenvalue weighted by molar-refractivity contribution is 6.30. The molecule has 0 unspecified atom stereocenters. The lowest BCUT2D eigenvalue weighted by Gasteiger charge is -2.35. The van der Waals surface area contributed by atoms with Crippen LogP contribution in [0.25, 0.3) is 0 Å². The van der Waals surface area contributed by atoms with Gasteiger partial charge >= 0.3 is 6.09 Å². The van der Waals surface area contributed by atoms with Gasteiger partial charge in [0.05, 0.1) is 24.9 Å². The van der Waals surface area contributed by atoms with Crippen LogP contribution in [-0.4, -0.2) is 36.9 Å². The molecule has 1 aromatic carbocycles. The number of carbonyl (C=O) groups is 1. The van der Waals surface area contributed by atoms with Gasteiger partial charge in [0, 0.05) is 24.0 Å². The average molecular weight is 416 g/mol. The van der Waals surface area contributed by atoms with Crippen LogP contribution >= 0.6 is 11.6 Å². The summed E-state index contributed by atoms with van der Waals surface area (Å²) in [6.45, 7) is 6.72. The van der Waals surface area contributed by atoms with E-state index in [0.29, 0.717) is 36.4 Å². The molecular formula is C22H26ClN3O3. The van der Waals surface area contributed by atoms with Crippen molar-refractivity contribution in [1.82, 2.24) is 10.3 Å². The van der Waals surface area contributed by atoms with Crippen LogP contribution in [0.3, 0.4) is 0 Å². The molecule has 4 rings (SSSR count). The highest BCUT2D eigenvalue weighted by atomic mass is 35.5. The third-order valence-corrected chi connectivity index (χ3v) is 5.59. The Kier molecular flexibility index (Phi) is 5.92. The Morgan fingerprint density at radius 1 is 1.34 bits per heavy atom. The van der Waals surface area contributed by atoms with Gasteiger partial charge in [0.2, 0.25) is 0 Å². The highest BCUT2D eigenvalue weighted by Crippen LogP contribution is 2.45. The van der Waals surface area contributed by atoms with Gasteiger partial charge in [0.15, 0.2) is 5.75 Å². The van der Waals surface area contributed by atoms with Crippen LogP contribution in [0.5, 0.6) is 5.75 Å². The number of hydrogen-bond donors (Lipinski definition) is 1. The molecular weight excluding hydrogens is 390 g/mol. The lowest BCUT2D eigenvalue weighted by molar-refractivity contribution is 0.0985. The Bertz CT molecular complexity index is 884. The van der Waals surface area contributed by atoms with Gasteiger partial charge in [-0.1, -0.05) is 23.7 Å². The molecule has 7 heteroatoms. The molecule has 1 N–H and O–H groups in total. The van der Waals surface area contributed by atoms with Crippen molar-refractivity contribution in [3.05, 3.63) is 52.2 Å². The summed E-state index contributed by atoms with van der Waals surface area (Å²) in [6, 6.07) is 9.64. The van der Waals surface area contributed by atoms with Crippen molar-refractivity contribution >= 4 is 23.5 Å². The number of benzene rings is 1. The molecule has 1 saturated heterocycles. The number of aromatic nitrogens is 1. The van der Waals surface area contributed by atoms with Gasteiger partial charge in [-0.05, 0) is 56.0 Å². The zero-order valence-corrected chi connectivity index (χ0v) is 17.5. The number of rotatable bonds is 5. The van der Waals surface area contributed by atoms with Crippen molar-refractivity contribution in [2.24, 2.45) is 0 Å². The van der Waals surface area contributed by atoms with Gasteiger partial charge in [0.1, 0.15) is 5.82 Å². The van der Waals surface area contributed by atoms with Crippen molar-refractivity contribution in [3.63, 3.8) is 0 Å². The van der Waals surface area contributed by atoms with Gasteiger partial charge in [-0.25, -0.2) is 9.78 Å². The molecule has 29 heavy (non-hydrogen) atoms. The predicted octanol–water partition coefficient (Wildman–Crippen LogP) is 4.43. The number of anilines is 1. The Morgan fingerprint density at radius 2 is 2.10 bits per heavy atom. The minimum absolute atomic E-state index is 0.275. The molecule has 6 nitrogen and oxygen atoms in total. The third-order valence-electron chi connectivity index (χ3n) is 5.34. The van der Waals surface area contributed by atoms with Crippen molar-refractivity contribution < 1.29 is 14.3 Å². The van der Waals surface area contributed by atoms with E-state index >= 15 is 0 Å². The van der Waals surface area contributed by atoms with Gasteiger partial charge in [-0.2, -0.15) is 0 Å². The van der Waals surface area contributed by atoms with Crippen LogP contribution in [0, 0.1) is 6.92 Å². The summed E-state index contributed by atoms with van der Waals surface area (Å²) >= 11 is 5.90. The summed E-state index contributed by atoms with van der Waals surface area (Å²) in [6.07, 6.45) is 1.69. The van der Waals surface area contributed by atoms with Crippen LogP contribution in [-0.2, 0) is 11.3 Å². The first-order valence-corrected chi connectivity index (χ1v) is 10.4. The number of morpholine rings is 1. The highest BCUT2D eigenvalue weighted by Gasteiger charge is 2.32. The van der Waals surface area contributed by atoms with Gasteiger partial charge in [-0.3, -0.25) is 0 Å². The summed E-state index contributed by atoms with van der Waals surface area (Å²) in [5.41, 5.74) is 2.78. The molecule has 2 fully saturated rings. The molecule has 0 spiro atoms. The van der Waals surface area contributed by atoms with Gasteiger partial charge in [-0.15, -0.1) is 0 Å². The number of carbonyl (C=O) groups excluding carboxylic acids is 1. The molecule has 2 heterocycles. The molecule has 1 amide bonds. The minimum Gasteiger partial charge on any atom is -0.408 e. The molecule has 0 radical (unpaired) electrons. The number of nitrogens with zero attached hydrogens (tertiary/aromatic N) is 2. The van der Waals surface area contributed by atoms with Crippen molar-refractivity contribution in [2.75, 3.05) is 24.7 Å². The number of nitrogens with one attached hydrogen (secondary N) is 1.